The Morgan fingerprint density at radius 2 is 2.42 bits per heavy atom. The van der Waals surface area contributed by atoms with Crippen LogP contribution in [0.5, 0.6) is 0 Å². The van der Waals surface area contributed by atoms with E-state index >= 15 is 0 Å². The van der Waals surface area contributed by atoms with Crippen molar-refractivity contribution in [3.8, 4) is 0 Å². The molecule has 70 valence electrons. The molecule has 0 saturated carbocycles. The van der Waals surface area contributed by atoms with Crippen LogP contribution in [0, 0.1) is 0 Å². The van der Waals surface area contributed by atoms with Crippen LogP contribution < -0.4 is 5.73 Å². The van der Waals surface area contributed by atoms with Crippen LogP contribution in [0.3, 0.4) is 0 Å². The Balaban J connectivity index is 2.24. The number of nitrogens with two attached hydrogens (primary N) is 1. The normalized spacial score (nSPS) is 19.8. The largest absolute Gasteiger partial charge is 0.455 e. The number of carbonyl (C=O) groups excluding carboxylic acids is 1. The first-order valence-corrected chi connectivity index (χ1v) is 3.79. The van der Waals surface area contributed by atoms with E-state index in [0.717, 1.165) is 0 Å². The average molecular weight is 175 g/mol. The molecule has 0 amide bonds. The lowest BCUT2D eigenvalue weighted by atomic mass is 10.3. The van der Waals surface area contributed by atoms with E-state index in [9.17, 15) is 4.79 Å². The van der Waals surface area contributed by atoms with Gasteiger partial charge in [-0.3, -0.25) is 0 Å². The highest BCUT2D eigenvalue weighted by molar-refractivity contribution is 5.75. The van der Waals surface area contributed by atoms with E-state index in [1.54, 1.807) is 0 Å². The summed E-state index contributed by atoms with van der Waals surface area (Å²) in [6.07, 6.45) is -0.757. The maximum absolute atomic E-state index is 11.1. The molecule has 2 N–H and O–H groups in total. The quantitative estimate of drug-likeness (QED) is 0.549. The SMILES string of the molecule is COC(CN)C(=O)OC1COC1. The lowest BCUT2D eigenvalue weighted by Gasteiger charge is -2.26. The van der Waals surface area contributed by atoms with Crippen LogP contribution in [0.4, 0.5) is 0 Å². The smallest absolute Gasteiger partial charge is 0.337 e. The molecule has 0 aromatic heterocycles. The fraction of sp³-hybridized carbons (Fsp3) is 0.857. The first kappa shape index (κ1) is 9.44. The number of rotatable bonds is 4. The number of hydrogen-bond donors (Lipinski definition) is 1. The molecule has 0 aliphatic carbocycles. The van der Waals surface area contributed by atoms with E-state index in [0.29, 0.717) is 13.2 Å². The second-order valence-corrected chi connectivity index (χ2v) is 2.56. The fourth-order valence-electron chi connectivity index (χ4n) is 0.811. The van der Waals surface area contributed by atoms with Gasteiger partial charge in [-0.15, -0.1) is 0 Å². The summed E-state index contributed by atoms with van der Waals surface area (Å²) in [6.45, 7) is 1.10. The van der Waals surface area contributed by atoms with Crippen molar-refractivity contribution in [1.82, 2.24) is 0 Å². The topological polar surface area (TPSA) is 70.8 Å². The van der Waals surface area contributed by atoms with Gasteiger partial charge in [-0.05, 0) is 0 Å². The predicted molar refractivity (Wildman–Crippen MR) is 40.6 cm³/mol. The monoisotopic (exact) mass is 175 g/mol. The summed E-state index contributed by atoms with van der Waals surface area (Å²) in [7, 11) is 1.43. The molecule has 5 nitrogen and oxygen atoms in total. The van der Waals surface area contributed by atoms with E-state index in [-0.39, 0.29) is 12.6 Å². The molecule has 0 aromatic rings. The Hall–Kier alpha value is -0.650. The van der Waals surface area contributed by atoms with Crippen molar-refractivity contribution in [2.24, 2.45) is 5.73 Å². The zero-order valence-corrected chi connectivity index (χ0v) is 6.99. The van der Waals surface area contributed by atoms with Gasteiger partial charge in [0.05, 0.1) is 13.2 Å². The number of ether oxygens (including phenoxy) is 3. The van der Waals surface area contributed by atoms with Gasteiger partial charge >= 0.3 is 5.97 Å². The highest BCUT2D eigenvalue weighted by atomic mass is 16.6. The molecule has 0 spiro atoms. The number of methoxy groups -OCH3 is 1. The lowest BCUT2D eigenvalue weighted by Crippen LogP contribution is -2.42. The third-order valence-corrected chi connectivity index (χ3v) is 1.65. The molecule has 1 heterocycles. The minimum Gasteiger partial charge on any atom is -0.455 e. The third kappa shape index (κ3) is 2.17. The van der Waals surface area contributed by atoms with Crippen molar-refractivity contribution in [3.63, 3.8) is 0 Å². The second-order valence-electron chi connectivity index (χ2n) is 2.56. The van der Waals surface area contributed by atoms with Crippen LogP contribution in [-0.4, -0.2) is 45.0 Å². The van der Waals surface area contributed by atoms with Gasteiger partial charge in [0.25, 0.3) is 0 Å². The molecule has 1 aliphatic heterocycles. The van der Waals surface area contributed by atoms with E-state index in [2.05, 4.69) is 0 Å². The zero-order chi connectivity index (χ0) is 8.97. The van der Waals surface area contributed by atoms with Gasteiger partial charge in [0.15, 0.2) is 6.10 Å². The van der Waals surface area contributed by atoms with E-state index in [4.69, 9.17) is 19.9 Å². The molecule has 1 unspecified atom stereocenters. The molecule has 5 heteroatoms. The molecule has 0 radical (unpaired) electrons. The fourth-order valence-corrected chi connectivity index (χ4v) is 0.811. The van der Waals surface area contributed by atoms with Crippen molar-refractivity contribution in [3.05, 3.63) is 0 Å². The predicted octanol–water partition coefficient (Wildman–Crippen LogP) is -1.10. The molecule has 1 fully saturated rings. The number of carbonyl (C=O) groups is 1. The van der Waals surface area contributed by atoms with Crippen molar-refractivity contribution in [2.75, 3.05) is 26.9 Å². The van der Waals surface area contributed by atoms with Gasteiger partial charge in [0.1, 0.15) is 6.10 Å². The van der Waals surface area contributed by atoms with Crippen molar-refractivity contribution >= 4 is 5.97 Å². The molecule has 0 aromatic carbocycles. The van der Waals surface area contributed by atoms with Crippen LogP contribution in [-0.2, 0) is 19.0 Å². The van der Waals surface area contributed by atoms with Crippen LogP contribution in [0.15, 0.2) is 0 Å². The summed E-state index contributed by atoms with van der Waals surface area (Å²) >= 11 is 0. The molecular weight excluding hydrogens is 162 g/mol. The maximum atomic E-state index is 11.1. The van der Waals surface area contributed by atoms with Crippen molar-refractivity contribution in [2.45, 2.75) is 12.2 Å². The van der Waals surface area contributed by atoms with Crippen molar-refractivity contribution < 1.29 is 19.0 Å². The summed E-state index contributed by atoms with van der Waals surface area (Å²) in [6, 6.07) is 0. The lowest BCUT2D eigenvalue weighted by molar-refractivity contribution is -0.181. The van der Waals surface area contributed by atoms with Gasteiger partial charge < -0.3 is 19.9 Å². The van der Waals surface area contributed by atoms with Crippen LogP contribution in [0.1, 0.15) is 0 Å². The molecular formula is C7H13NO4. The maximum Gasteiger partial charge on any atom is 0.337 e. The standard InChI is InChI=1S/C7H13NO4/c1-10-6(2-8)7(9)12-5-3-11-4-5/h5-6H,2-4,8H2,1H3. The molecule has 12 heavy (non-hydrogen) atoms. The average Bonchev–Trinajstić information content (AvgIpc) is 1.99. The van der Waals surface area contributed by atoms with Gasteiger partial charge in [0.2, 0.25) is 0 Å². The third-order valence-electron chi connectivity index (χ3n) is 1.65. The Labute approximate surface area is 70.8 Å². The van der Waals surface area contributed by atoms with E-state index in [1.165, 1.54) is 7.11 Å². The molecule has 1 rings (SSSR count). The number of esters is 1. The Morgan fingerprint density at radius 3 is 2.75 bits per heavy atom. The van der Waals surface area contributed by atoms with Gasteiger partial charge in [-0.2, -0.15) is 0 Å². The highest BCUT2D eigenvalue weighted by Gasteiger charge is 2.26. The zero-order valence-electron chi connectivity index (χ0n) is 6.99. The molecule has 1 aliphatic rings. The molecule has 0 bridgehead atoms. The first-order valence-electron chi connectivity index (χ1n) is 3.79. The second kappa shape index (κ2) is 4.39. The molecule has 1 saturated heterocycles. The minimum atomic E-state index is -0.648. The first-order chi connectivity index (χ1) is 5.77. The van der Waals surface area contributed by atoms with E-state index in [1.807, 2.05) is 0 Å². The van der Waals surface area contributed by atoms with Gasteiger partial charge in [0, 0.05) is 13.7 Å². The van der Waals surface area contributed by atoms with Crippen molar-refractivity contribution in [1.29, 1.82) is 0 Å². The highest BCUT2D eigenvalue weighted by Crippen LogP contribution is 2.07. The van der Waals surface area contributed by atoms with Crippen LogP contribution in [0.2, 0.25) is 0 Å². The van der Waals surface area contributed by atoms with Crippen LogP contribution in [0.25, 0.3) is 0 Å². The number of hydrogen-bond acceptors (Lipinski definition) is 5. The van der Waals surface area contributed by atoms with Crippen LogP contribution >= 0.6 is 0 Å². The Bertz CT molecular complexity index is 153. The minimum absolute atomic E-state index is 0.110. The summed E-state index contributed by atoms with van der Waals surface area (Å²) in [4.78, 5) is 11.1. The van der Waals surface area contributed by atoms with E-state index < -0.39 is 12.1 Å². The molecule has 1 atom stereocenters. The summed E-state index contributed by atoms with van der Waals surface area (Å²) < 4.78 is 14.6. The Kier molecular flexibility index (Phi) is 3.46. The summed E-state index contributed by atoms with van der Waals surface area (Å²) in [5, 5.41) is 0. The Morgan fingerprint density at radius 1 is 1.75 bits per heavy atom. The summed E-state index contributed by atoms with van der Waals surface area (Å²) in [5.74, 6) is -0.409. The van der Waals surface area contributed by atoms with Gasteiger partial charge in [-0.1, -0.05) is 0 Å². The summed E-state index contributed by atoms with van der Waals surface area (Å²) in [5.41, 5.74) is 5.26. The van der Waals surface area contributed by atoms with Gasteiger partial charge in [-0.25, -0.2) is 4.79 Å².